The summed E-state index contributed by atoms with van der Waals surface area (Å²) in [5.74, 6) is -1.52. The van der Waals surface area contributed by atoms with Crippen molar-refractivity contribution in [3.05, 3.63) is 99.0 Å². The molecule has 2 aromatic heterocycles. The molecule has 0 unspecified atom stereocenters. The lowest BCUT2D eigenvalue weighted by Gasteiger charge is -2.38. The Morgan fingerprint density at radius 1 is 0.965 bits per heavy atom. The second kappa shape index (κ2) is 14.8. The number of hydrogen-bond acceptors (Lipinski definition) is 12. The van der Waals surface area contributed by atoms with Crippen LogP contribution < -0.4 is 35.2 Å². The molecule has 0 spiro atoms. The molecule has 3 aromatic carbocycles. The molecule has 17 heteroatoms. The highest BCUT2D eigenvalue weighted by molar-refractivity contribution is 6.54. The van der Waals surface area contributed by atoms with Gasteiger partial charge in [0.2, 0.25) is 11.2 Å². The number of aliphatic imine (C=N–C) groups is 1. The van der Waals surface area contributed by atoms with E-state index in [1.54, 1.807) is 22.8 Å². The number of carboxylic acids is 1. The van der Waals surface area contributed by atoms with Crippen molar-refractivity contribution in [1.29, 1.82) is 0 Å². The number of anilines is 3. The van der Waals surface area contributed by atoms with Crippen molar-refractivity contribution in [3.63, 3.8) is 0 Å². The summed E-state index contributed by atoms with van der Waals surface area (Å²) in [7, 11) is 4.56. The van der Waals surface area contributed by atoms with E-state index in [1.807, 2.05) is 9.80 Å². The molecular weight excluding hydrogens is 742 g/mol. The number of nitrogens with zero attached hydrogens (tertiary/aromatic N) is 7. The lowest BCUT2D eigenvalue weighted by molar-refractivity contribution is -0.112. The van der Waals surface area contributed by atoms with Crippen molar-refractivity contribution < 1.29 is 37.7 Å². The molecule has 1 amide bonds. The number of aromatic carboxylic acids is 1. The zero-order valence-electron chi connectivity index (χ0n) is 31.3. The molecule has 8 rings (SSSR count). The van der Waals surface area contributed by atoms with Crippen LogP contribution in [-0.4, -0.2) is 96.3 Å². The molecule has 3 aliphatic rings. The number of nitrogens with two attached hydrogens (primary N) is 1. The molecule has 2 fully saturated rings. The number of methoxy groups -OCH3 is 3. The Labute approximate surface area is 324 Å². The first kappa shape index (κ1) is 37.3. The standard InChI is InChI=1S/C40H38F2N8O7/c1-55-32-13-21(14-33(56-2)36(32)57-3)12-22-18-44-40(46-37(22)43)45-34-25-15-23(41)4-7-29(25)50(38(34)52)20-47-8-10-48(11-9-47)31-17-30-26(16-28(31)42)35(51)27(39(53)54)19-49(30)24-5-6-24/h4,7,13-19,24H,5-6,8-12,20H2,1-3H3,(H,53,54)(H2,43,44,46)/b45-34+. The van der Waals surface area contributed by atoms with Crippen molar-refractivity contribution in [3.8, 4) is 17.2 Å². The average molecular weight is 781 g/mol. The van der Waals surface area contributed by atoms with E-state index in [4.69, 9.17) is 19.9 Å². The summed E-state index contributed by atoms with van der Waals surface area (Å²) in [5, 5.41) is 9.61. The first-order valence-electron chi connectivity index (χ1n) is 18.2. The number of carbonyl (C=O) groups excluding carboxylic acids is 1. The maximum atomic E-state index is 15.6. The summed E-state index contributed by atoms with van der Waals surface area (Å²) in [4.78, 5) is 57.2. The van der Waals surface area contributed by atoms with Crippen LogP contribution in [0.4, 0.5) is 31.9 Å². The van der Waals surface area contributed by atoms with Crippen LogP contribution in [-0.2, 0) is 11.2 Å². The van der Waals surface area contributed by atoms with Gasteiger partial charge in [-0.25, -0.2) is 23.6 Å². The van der Waals surface area contributed by atoms with Crippen LogP contribution in [0.5, 0.6) is 17.2 Å². The van der Waals surface area contributed by atoms with E-state index >= 15 is 4.39 Å². The first-order chi connectivity index (χ1) is 27.5. The second-order valence-electron chi connectivity index (χ2n) is 14.0. The number of amides is 1. The predicted molar refractivity (Wildman–Crippen MR) is 207 cm³/mol. The van der Waals surface area contributed by atoms with Gasteiger partial charge >= 0.3 is 5.97 Å². The Morgan fingerprint density at radius 3 is 2.32 bits per heavy atom. The van der Waals surface area contributed by atoms with E-state index < -0.39 is 28.9 Å². The zero-order valence-corrected chi connectivity index (χ0v) is 31.3. The van der Waals surface area contributed by atoms with Crippen molar-refractivity contribution in [1.82, 2.24) is 19.4 Å². The van der Waals surface area contributed by atoms with Gasteiger partial charge in [-0.3, -0.25) is 19.4 Å². The first-order valence-corrected chi connectivity index (χ1v) is 18.2. The normalized spacial score (nSPS) is 16.4. The minimum absolute atomic E-state index is 0.0291. The fourth-order valence-electron chi connectivity index (χ4n) is 7.43. The fourth-order valence-corrected chi connectivity index (χ4v) is 7.43. The molecule has 0 radical (unpaired) electrons. The molecule has 2 aliphatic heterocycles. The topological polar surface area (TPSA) is 178 Å². The lowest BCUT2D eigenvalue weighted by Crippen LogP contribution is -2.51. The molecule has 5 aromatic rings. The molecule has 3 N–H and O–H groups in total. The number of aromatic nitrogens is 3. The Balaban J connectivity index is 0.996. The highest BCUT2D eigenvalue weighted by Gasteiger charge is 2.37. The number of rotatable bonds is 11. The smallest absolute Gasteiger partial charge is 0.341 e. The molecule has 0 atom stereocenters. The number of carbonyl (C=O) groups is 2. The third-order valence-electron chi connectivity index (χ3n) is 10.5. The molecule has 1 saturated heterocycles. The van der Waals surface area contributed by atoms with Gasteiger partial charge in [0.1, 0.15) is 28.7 Å². The third-order valence-corrected chi connectivity index (χ3v) is 10.5. The summed E-state index contributed by atoms with van der Waals surface area (Å²) in [6, 6.07) is 10.4. The summed E-state index contributed by atoms with van der Waals surface area (Å²) in [6.45, 7) is 1.85. The van der Waals surface area contributed by atoms with Crippen LogP contribution in [0.15, 0.2) is 64.6 Å². The van der Waals surface area contributed by atoms with Crippen molar-refractivity contribution in [2.75, 3.05) is 69.7 Å². The van der Waals surface area contributed by atoms with Gasteiger partial charge in [-0.15, -0.1) is 0 Å². The van der Waals surface area contributed by atoms with E-state index in [0.29, 0.717) is 72.3 Å². The van der Waals surface area contributed by atoms with Crippen LogP contribution in [0, 0.1) is 11.6 Å². The number of piperazine rings is 1. The van der Waals surface area contributed by atoms with Gasteiger partial charge in [0, 0.05) is 67.5 Å². The van der Waals surface area contributed by atoms with E-state index in [0.717, 1.165) is 24.5 Å². The maximum Gasteiger partial charge on any atom is 0.341 e. The number of nitrogen functional groups attached to an aromatic ring is 1. The maximum absolute atomic E-state index is 15.6. The van der Waals surface area contributed by atoms with Gasteiger partial charge in [-0.1, -0.05) is 0 Å². The fraction of sp³-hybridized carbons (Fsp3) is 0.300. The zero-order chi connectivity index (χ0) is 40.1. The van der Waals surface area contributed by atoms with Crippen molar-refractivity contribution >= 4 is 51.6 Å². The third kappa shape index (κ3) is 6.94. The van der Waals surface area contributed by atoms with Gasteiger partial charge in [0.25, 0.3) is 11.9 Å². The van der Waals surface area contributed by atoms with Crippen LogP contribution in [0.1, 0.15) is 45.9 Å². The lowest BCUT2D eigenvalue weighted by atomic mass is 10.1. The number of fused-ring (bicyclic) bond motifs is 2. The van der Waals surface area contributed by atoms with Gasteiger partial charge in [-0.05, 0) is 60.9 Å². The molecule has 294 valence electrons. The quantitative estimate of drug-likeness (QED) is 0.192. The highest BCUT2D eigenvalue weighted by Crippen LogP contribution is 2.40. The average Bonchev–Trinajstić information content (AvgIpc) is 4.02. The van der Waals surface area contributed by atoms with Crippen LogP contribution in [0.2, 0.25) is 0 Å². The molecule has 1 saturated carbocycles. The van der Waals surface area contributed by atoms with Gasteiger partial charge in [-0.2, -0.15) is 4.98 Å². The van der Waals surface area contributed by atoms with Gasteiger partial charge < -0.3 is 34.5 Å². The number of hydrogen-bond donors (Lipinski definition) is 2. The molecule has 0 bridgehead atoms. The van der Waals surface area contributed by atoms with Gasteiger partial charge in [0.05, 0.1) is 44.9 Å². The minimum atomic E-state index is -1.35. The Morgan fingerprint density at radius 2 is 1.68 bits per heavy atom. The number of pyridine rings is 1. The van der Waals surface area contributed by atoms with Crippen LogP contribution in [0.25, 0.3) is 10.9 Å². The Kier molecular flexibility index (Phi) is 9.69. The molecule has 1 aliphatic carbocycles. The molecular formula is C40H38F2N8O7. The number of halogens is 2. The minimum Gasteiger partial charge on any atom is -0.493 e. The number of benzene rings is 3. The van der Waals surface area contributed by atoms with E-state index in [-0.39, 0.29) is 46.7 Å². The van der Waals surface area contributed by atoms with Crippen molar-refractivity contribution in [2.45, 2.75) is 25.3 Å². The molecule has 4 heterocycles. The SMILES string of the molecule is COc1cc(Cc2cnc(/N=C3/C(=O)N(CN4CCN(c5cc6c(cc5F)c(=O)c(C(=O)O)cn6C5CC5)CC4)c4ccc(F)cc43)nc2N)cc(OC)c1OC. The van der Waals surface area contributed by atoms with Crippen molar-refractivity contribution in [2.24, 2.45) is 4.99 Å². The van der Waals surface area contributed by atoms with Crippen LogP contribution >= 0.6 is 0 Å². The molecule has 15 nitrogen and oxygen atoms in total. The van der Waals surface area contributed by atoms with E-state index in [2.05, 4.69) is 15.0 Å². The molecule has 57 heavy (non-hydrogen) atoms. The highest BCUT2D eigenvalue weighted by atomic mass is 19.1. The van der Waals surface area contributed by atoms with E-state index in [9.17, 15) is 23.9 Å². The summed E-state index contributed by atoms with van der Waals surface area (Å²) in [6.07, 6.45) is 4.88. The number of carboxylic acid groups (broad SMARTS) is 1. The Bertz CT molecular complexity index is 2530. The van der Waals surface area contributed by atoms with Gasteiger partial charge in [0.15, 0.2) is 11.5 Å². The monoisotopic (exact) mass is 780 g/mol. The second-order valence-corrected chi connectivity index (χ2v) is 14.0. The largest absolute Gasteiger partial charge is 0.493 e. The Hall–Kier alpha value is -6.62. The van der Waals surface area contributed by atoms with E-state index in [1.165, 1.54) is 56.8 Å². The summed E-state index contributed by atoms with van der Waals surface area (Å²) < 4.78 is 48.3. The predicted octanol–water partition coefficient (Wildman–Crippen LogP) is 4.55. The van der Waals surface area contributed by atoms with Crippen LogP contribution in [0.3, 0.4) is 0 Å². The summed E-state index contributed by atoms with van der Waals surface area (Å²) in [5.41, 5.74) is 8.14. The number of ether oxygens (including phenoxy) is 3. The summed E-state index contributed by atoms with van der Waals surface area (Å²) >= 11 is 0.